The zero-order chi connectivity index (χ0) is 29.1. The number of benzene rings is 2. The maximum absolute atomic E-state index is 15.7. The van der Waals surface area contributed by atoms with Crippen molar-refractivity contribution in [3.05, 3.63) is 53.9 Å². The van der Waals surface area contributed by atoms with Crippen LogP contribution in [-0.2, 0) is 16.0 Å². The second-order valence-corrected chi connectivity index (χ2v) is 9.84. The summed E-state index contributed by atoms with van der Waals surface area (Å²) in [5.41, 5.74) is 5.72. The minimum Gasteiger partial charge on any atom is -0.760 e. The number of alkyl halides is 1. The SMILES string of the molecule is COc1cc(-c2c(F)ccc(C(F)CCNS(=O)[O-])c2F)cc2c(N3CCOCC3)nc(-c3cnc(N)nc3)nc12. The first kappa shape index (κ1) is 28.6. The van der Waals surface area contributed by atoms with Crippen LogP contribution >= 0.6 is 0 Å². The monoisotopic (exact) mass is 588 g/mol. The molecule has 11 nitrogen and oxygen atoms in total. The lowest BCUT2D eigenvalue weighted by atomic mass is 9.96. The molecule has 4 aromatic rings. The Morgan fingerprint density at radius 3 is 2.59 bits per heavy atom. The Kier molecular flexibility index (Phi) is 8.58. The summed E-state index contributed by atoms with van der Waals surface area (Å²) in [7, 11) is 1.40. The van der Waals surface area contributed by atoms with Crippen LogP contribution in [0.3, 0.4) is 0 Å². The molecule has 0 spiro atoms. The number of morpholine rings is 1. The largest absolute Gasteiger partial charge is 0.760 e. The van der Waals surface area contributed by atoms with E-state index in [0.717, 1.165) is 12.1 Å². The molecule has 2 aromatic carbocycles. The molecule has 1 saturated heterocycles. The van der Waals surface area contributed by atoms with Crippen molar-refractivity contribution in [1.29, 1.82) is 0 Å². The van der Waals surface area contributed by atoms with Crippen LogP contribution in [0.15, 0.2) is 36.7 Å². The number of halogens is 3. The number of hydrogen-bond acceptors (Lipinski definition) is 10. The smallest absolute Gasteiger partial charge is 0.219 e. The maximum atomic E-state index is 15.7. The summed E-state index contributed by atoms with van der Waals surface area (Å²) < 4.78 is 80.3. The number of fused-ring (bicyclic) bond motifs is 1. The van der Waals surface area contributed by atoms with Crippen molar-refractivity contribution in [2.24, 2.45) is 0 Å². The molecular weight excluding hydrogens is 563 g/mol. The molecule has 2 unspecified atom stereocenters. The van der Waals surface area contributed by atoms with E-state index in [1.54, 1.807) is 0 Å². The van der Waals surface area contributed by atoms with E-state index in [4.69, 9.17) is 20.2 Å². The van der Waals surface area contributed by atoms with Gasteiger partial charge in [-0.05, 0) is 30.2 Å². The summed E-state index contributed by atoms with van der Waals surface area (Å²) in [5, 5.41) is 0.449. The van der Waals surface area contributed by atoms with Gasteiger partial charge in [-0.25, -0.2) is 37.8 Å². The summed E-state index contributed by atoms with van der Waals surface area (Å²) in [5.74, 6) is -0.965. The minimum absolute atomic E-state index is 0.0823. The molecule has 1 fully saturated rings. The molecule has 2 aromatic heterocycles. The van der Waals surface area contributed by atoms with Crippen molar-refractivity contribution in [2.75, 3.05) is 50.6 Å². The predicted octanol–water partition coefficient (Wildman–Crippen LogP) is 3.24. The molecule has 41 heavy (non-hydrogen) atoms. The van der Waals surface area contributed by atoms with E-state index in [1.807, 2.05) is 9.62 Å². The van der Waals surface area contributed by atoms with Gasteiger partial charge in [-0.2, -0.15) is 0 Å². The van der Waals surface area contributed by atoms with Crippen molar-refractivity contribution < 1.29 is 31.4 Å². The second-order valence-electron chi connectivity index (χ2n) is 9.09. The molecule has 2 atom stereocenters. The lowest BCUT2D eigenvalue weighted by Gasteiger charge is -2.29. The van der Waals surface area contributed by atoms with Gasteiger partial charge in [-0.1, -0.05) is 6.07 Å². The Labute approximate surface area is 235 Å². The molecule has 216 valence electrons. The fourth-order valence-corrected chi connectivity index (χ4v) is 4.87. The Balaban J connectivity index is 1.67. The van der Waals surface area contributed by atoms with Crippen LogP contribution in [0.2, 0.25) is 0 Å². The quantitative estimate of drug-likeness (QED) is 0.279. The van der Waals surface area contributed by atoms with Crippen LogP contribution in [-0.4, -0.2) is 68.7 Å². The van der Waals surface area contributed by atoms with Crippen molar-refractivity contribution in [3.63, 3.8) is 0 Å². The fourth-order valence-electron chi connectivity index (χ4n) is 4.58. The highest BCUT2D eigenvalue weighted by molar-refractivity contribution is 7.77. The highest BCUT2D eigenvalue weighted by Crippen LogP contribution is 2.40. The van der Waals surface area contributed by atoms with Crippen molar-refractivity contribution >= 4 is 33.9 Å². The van der Waals surface area contributed by atoms with Crippen LogP contribution < -0.4 is 20.1 Å². The van der Waals surface area contributed by atoms with Gasteiger partial charge in [0.2, 0.25) is 5.95 Å². The van der Waals surface area contributed by atoms with Gasteiger partial charge in [0, 0.05) is 54.2 Å². The molecule has 0 amide bonds. The lowest BCUT2D eigenvalue weighted by Crippen LogP contribution is -2.37. The number of nitrogens with zero attached hydrogens (tertiary/aromatic N) is 5. The number of aromatic nitrogens is 4. The first-order valence-corrected chi connectivity index (χ1v) is 13.6. The number of nitrogens with one attached hydrogen (secondary N) is 1. The van der Waals surface area contributed by atoms with Crippen LogP contribution in [0.1, 0.15) is 18.2 Å². The number of rotatable bonds is 9. The molecule has 3 heterocycles. The van der Waals surface area contributed by atoms with Crippen molar-refractivity contribution in [1.82, 2.24) is 24.7 Å². The molecule has 0 aliphatic carbocycles. The van der Waals surface area contributed by atoms with E-state index < -0.39 is 40.2 Å². The molecular formula is C26H25F3N7O4S-. The fraction of sp³-hybridized carbons (Fsp3) is 0.308. The number of methoxy groups -OCH3 is 1. The molecule has 5 rings (SSSR count). The van der Waals surface area contributed by atoms with Crippen molar-refractivity contribution in [3.8, 4) is 28.3 Å². The summed E-state index contributed by atoms with van der Waals surface area (Å²) in [6, 6.07) is 4.93. The van der Waals surface area contributed by atoms with E-state index >= 15 is 8.78 Å². The van der Waals surface area contributed by atoms with Crippen LogP contribution in [0.5, 0.6) is 5.75 Å². The summed E-state index contributed by atoms with van der Waals surface area (Å²) >= 11 is -2.59. The van der Waals surface area contributed by atoms with Gasteiger partial charge in [0.05, 0.1) is 31.5 Å². The van der Waals surface area contributed by atoms with E-state index in [0.29, 0.717) is 48.6 Å². The summed E-state index contributed by atoms with van der Waals surface area (Å²) in [6.07, 6.45) is 0.747. The Hall–Kier alpha value is -3.92. The topological polar surface area (TPSA) is 151 Å². The first-order chi connectivity index (χ1) is 19.8. The number of anilines is 2. The zero-order valence-corrected chi connectivity index (χ0v) is 22.6. The van der Waals surface area contributed by atoms with E-state index in [2.05, 4.69) is 15.0 Å². The minimum atomic E-state index is -2.59. The molecule has 1 aliphatic rings. The number of nitrogen functional groups attached to an aromatic ring is 1. The van der Waals surface area contributed by atoms with E-state index in [-0.39, 0.29) is 36.1 Å². The zero-order valence-electron chi connectivity index (χ0n) is 21.8. The summed E-state index contributed by atoms with van der Waals surface area (Å²) in [6.45, 7) is 1.64. The standard InChI is InChI=1S/C26H26F3N7O4S/c1-39-20-11-14(21-19(28)3-2-16(22(21)29)18(27)4-5-33-41(37)38)10-17-23(20)34-24(15-12-31-26(30)32-13-15)35-25(17)36-6-8-40-9-7-36/h2-3,10-13,18,33H,4-9H2,1H3,(H,37,38)(H2,30,31,32)/p-1. The summed E-state index contributed by atoms with van der Waals surface area (Å²) in [4.78, 5) is 19.4. The van der Waals surface area contributed by atoms with Gasteiger partial charge < -0.3 is 24.7 Å². The van der Waals surface area contributed by atoms with Gasteiger partial charge in [0.25, 0.3) is 0 Å². The molecule has 0 bridgehead atoms. The lowest BCUT2D eigenvalue weighted by molar-refractivity contribution is 0.122. The Morgan fingerprint density at radius 2 is 1.90 bits per heavy atom. The maximum Gasteiger partial charge on any atom is 0.219 e. The number of ether oxygens (including phenoxy) is 2. The first-order valence-electron chi connectivity index (χ1n) is 12.5. The number of nitrogens with two attached hydrogens (primary N) is 1. The molecule has 15 heteroatoms. The molecule has 0 radical (unpaired) electrons. The third-order valence-electron chi connectivity index (χ3n) is 6.57. The normalized spacial score (nSPS) is 15.2. The second kappa shape index (κ2) is 12.3. The van der Waals surface area contributed by atoms with Crippen LogP contribution in [0.25, 0.3) is 33.4 Å². The Bertz CT molecular complexity index is 1590. The molecule has 3 N–H and O–H groups in total. The van der Waals surface area contributed by atoms with Crippen LogP contribution in [0, 0.1) is 11.6 Å². The van der Waals surface area contributed by atoms with Gasteiger partial charge in [-0.15, -0.1) is 0 Å². The average molecular weight is 589 g/mol. The van der Waals surface area contributed by atoms with Crippen molar-refractivity contribution in [2.45, 2.75) is 12.6 Å². The van der Waals surface area contributed by atoms with Gasteiger partial charge in [-0.3, -0.25) is 4.21 Å². The number of hydrogen-bond donors (Lipinski definition) is 2. The average Bonchev–Trinajstić information content (AvgIpc) is 2.97. The third-order valence-corrected chi connectivity index (χ3v) is 7.01. The molecule has 0 saturated carbocycles. The highest BCUT2D eigenvalue weighted by atomic mass is 32.2. The molecule has 1 aliphatic heterocycles. The van der Waals surface area contributed by atoms with Gasteiger partial charge in [0.15, 0.2) is 5.82 Å². The Morgan fingerprint density at radius 1 is 1.17 bits per heavy atom. The van der Waals surface area contributed by atoms with Gasteiger partial charge >= 0.3 is 0 Å². The highest BCUT2D eigenvalue weighted by Gasteiger charge is 2.25. The predicted molar refractivity (Wildman–Crippen MR) is 145 cm³/mol. The van der Waals surface area contributed by atoms with E-state index in [9.17, 15) is 13.2 Å². The van der Waals surface area contributed by atoms with E-state index in [1.165, 1.54) is 31.6 Å². The van der Waals surface area contributed by atoms with Crippen LogP contribution in [0.4, 0.5) is 24.9 Å². The third kappa shape index (κ3) is 6.07. The van der Waals surface area contributed by atoms with Gasteiger partial charge in [0.1, 0.15) is 34.9 Å².